The van der Waals surface area contributed by atoms with Crippen molar-refractivity contribution in [3.63, 3.8) is 0 Å². The van der Waals surface area contributed by atoms with E-state index in [9.17, 15) is 26.3 Å². The van der Waals surface area contributed by atoms with Crippen LogP contribution in [0, 0.1) is 5.92 Å². The molecule has 0 aliphatic rings. The van der Waals surface area contributed by atoms with Gasteiger partial charge < -0.3 is 18.9 Å². The average Bonchev–Trinajstić information content (AvgIpc) is 2.41. The molecule has 0 bridgehead atoms. The highest BCUT2D eigenvalue weighted by atomic mass is 19.3. The topological polar surface area (TPSA) is 36.9 Å². The van der Waals surface area contributed by atoms with E-state index in [1.807, 2.05) is 0 Å². The van der Waals surface area contributed by atoms with Gasteiger partial charge >= 0.3 is 18.3 Å². The van der Waals surface area contributed by atoms with Crippen molar-refractivity contribution in [2.24, 2.45) is 5.92 Å². The van der Waals surface area contributed by atoms with E-state index >= 15 is 0 Å². The van der Waals surface area contributed by atoms with Gasteiger partial charge in [-0.05, 0) is 33.6 Å². The fourth-order valence-electron chi connectivity index (χ4n) is 1.21. The second kappa shape index (κ2) is 8.88. The quantitative estimate of drug-likeness (QED) is 0.485. The number of hydrogen-bond donors (Lipinski definition) is 0. The Balaban J connectivity index is 4.44. The van der Waals surface area contributed by atoms with Crippen LogP contribution < -0.4 is 0 Å². The molecule has 0 saturated heterocycles. The summed E-state index contributed by atoms with van der Waals surface area (Å²) in [5, 5.41) is 0. The molecule has 0 rings (SSSR count). The van der Waals surface area contributed by atoms with Gasteiger partial charge in [0.2, 0.25) is 0 Å². The third kappa shape index (κ3) is 12.4. The van der Waals surface area contributed by atoms with Crippen molar-refractivity contribution in [1.29, 1.82) is 0 Å². The molecule has 1 atom stereocenters. The highest BCUT2D eigenvalue weighted by Crippen LogP contribution is 2.28. The van der Waals surface area contributed by atoms with E-state index in [2.05, 4.69) is 14.2 Å². The fourth-order valence-corrected chi connectivity index (χ4v) is 1.21. The Bertz CT molecular complexity index is 396. The molecule has 152 valence electrons. The zero-order valence-electron chi connectivity index (χ0n) is 15.2. The van der Waals surface area contributed by atoms with E-state index in [-0.39, 0.29) is 5.92 Å². The molecule has 0 spiro atoms. The largest absolute Gasteiger partial charge is 0.379 e. The zero-order chi connectivity index (χ0) is 20.1. The molecule has 0 fully saturated rings. The van der Waals surface area contributed by atoms with Gasteiger partial charge in [0, 0.05) is 0 Å². The summed E-state index contributed by atoms with van der Waals surface area (Å²) in [6.45, 7) is 4.03. The van der Waals surface area contributed by atoms with Gasteiger partial charge in [-0.25, -0.2) is 0 Å². The van der Waals surface area contributed by atoms with Gasteiger partial charge in [0.1, 0.15) is 19.8 Å². The van der Waals surface area contributed by atoms with Gasteiger partial charge in [0.05, 0.1) is 11.7 Å². The second-order valence-electron chi connectivity index (χ2n) is 6.96. The Hall–Kier alpha value is -0.580. The van der Waals surface area contributed by atoms with Crippen LogP contribution >= 0.6 is 0 Å². The first-order valence-corrected chi connectivity index (χ1v) is 7.68. The third-order valence-electron chi connectivity index (χ3n) is 2.87. The average molecular weight is 384 g/mol. The smallest absolute Gasteiger partial charge is 0.367 e. The van der Waals surface area contributed by atoms with Crippen LogP contribution in [-0.2, 0) is 18.9 Å². The van der Waals surface area contributed by atoms with Crippen LogP contribution in [0.1, 0.15) is 41.5 Å². The normalized spacial score (nSPS) is 15.7. The highest BCUT2D eigenvalue weighted by Gasteiger charge is 2.43. The number of halogens is 6. The Morgan fingerprint density at radius 3 is 1.36 bits per heavy atom. The maximum Gasteiger partial charge on any atom is 0.379 e. The van der Waals surface area contributed by atoms with E-state index in [0.717, 1.165) is 0 Å². The summed E-state index contributed by atoms with van der Waals surface area (Å²) in [6, 6.07) is 0. The van der Waals surface area contributed by atoms with Crippen LogP contribution in [0.5, 0.6) is 0 Å². The first-order valence-electron chi connectivity index (χ1n) is 7.68. The van der Waals surface area contributed by atoms with Crippen LogP contribution in [0.2, 0.25) is 0 Å². The molecule has 0 radical (unpaired) electrons. The van der Waals surface area contributed by atoms with Crippen LogP contribution in [-0.4, -0.2) is 49.9 Å². The van der Waals surface area contributed by atoms with Gasteiger partial charge in [0.25, 0.3) is 0 Å². The lowest BCUT2D eigenvalue weighted by atomic mass is 10.1. The fraction of sp³-hybridized carbons (Fsp3) is 1.00. The summed E-state index contributed by atoms with van der Waals surface area (Å²) in [4.78, 5) is 0. The molecule has 25 heavy (non-hydrogen) atoms. The third-order valence-corrected chi connectivity index (χ3v) is 2.87. The lowest BCUT2D eigenvalue weighted by Gasteiger charge is -2.27. The summed E-state index contributed by atoms with van der Waals surface area (Å²) in [5.41, 5.74) is -0.932. The Morgan fingerprint density at radius 2 is 1.00 bits per heavy atom. The van der Waals surface area contributed by atoms with Gasteiger partial charge in [0.15, 0.2) is 0 Å². The molecule has 0 heterocycles. The summed E-state index contributed by atoms with van der Waals surface area (Å²) >= 11 is 0. The monoisotopic (exact) mass is 384 g/mol. The molecule has 0 aromatic rings. The Kier molecular flexibility index (Phi) is 8.67. The van der Waals surface area contributed by atoms with Crippen molar-refractivity contribution >= 4 is 0 Å². The predicted octanol–water partition coefficient (Wildman–Crippen LogP) is 4.67. The van der Waals surface area contributed by atoms with Crippen molar-refractivity contribution in [3.05, 3.63) is 0 Å². The van der Waals surface area contributed by atoms with Gasteiger partial charge in [-0.3, -0.25) is 0 Å². The van der Waals surface area contributed by atoms with Crippen LogP contribution in [0.15, 0.2) is 0 Å². The molecule has 0 aromatic carbocycles. The van der Waals surface area contributed by atoms with Gasteiger partial charge in [-0.15, -0.1) is 0 Å². The first-order chi connectivity index (χ1) is 10.9. The summed E-state index contributed by atoms with van der Waals surface area (Å²) < 4.78 is 96.6. The van der Waals surface area contributed by atoms with E-state index in [1.54, 1.807) is 13.8 Å². The molecule has 0 saturated carbocycles. The molecule has 0 amide bonds. The van der Waals surface area contributed by atoms with Crippen molar-refractivity contribution in [1.82, 2.24) is 0 Å². The van der Waals surface area contributed by atoms with Gasteiger partial charge in [-0.1, -0.05) is 13.8 Å². The number of ether oxygens (including phenoxy) is 4. The maximum absolute atomic E-state index is 13.4. The van der Waals surface area contributed by atoms with E-state index in [0.29, 0.717) is 0 Å². The number of hydrogen-bond acceptors (Lipinski definition) is 4. The molecule has 10 heteroatoms. The molecule has 1 unspecified atom stereocenters. The zero-order valence-corrected chi connectivity index (χ0v) is 15.2. The first kappa shape index (κ1) is 24.4. The standard InChI is InChI=1S/C15H26F6O4/c1-10(2)11(3)25-15(20,21)9-24-14(18,19)8-23-13(16,17)7-22-12(4,5)6/h10-11H,7-9H2,1-6H3. The van der Waals surface area contributed by atoms with E-state index in [4.69, 9.17) is 4.74 Å². The van der Waals surface area contributed by atoms with Crippen molar-refractivity contribution in [2.75, 3.05) is 19.8 Å². The Labute approximate surface area is 143 Å². The number of alkyl halides is 6. The summed E-state index contributed by atoms with van der Waals surface area (Å²) in [7, 11) is 0. The van der Waals surface area contributed by atoms with Crippen molar-refractivity contribution in [2.45, 2.75) is 71.6 Å². The lowest BCUT2D eigenvalue weighted by Crippen LogP contribution is -2.41. The van der Waals surface area contributed by atoms with Crippen LogP contribution in [0.3, 0.4) is 0 Å². The number of rotatable bonds is 11. The molecular weight excluding hydrogens is 358 g/mol. The van der Waals surface area contributed by atoms with Crippen LogP contribution in [0.4, 0.5) is 26.3 Å². The van der Waals surface area contributed by atoms with Crippen molar-refractivity contribution < 1.29 is 45.3 Å². The maximum atomic E-state index is 13.4. The van der Waals surface area contributed by atoms with Crippen LogP contribution in [0.25, 0.3) is 0 Å². The minimum absolute atomic E-state index is 0.281. The molecule has 4 nitrogen and oxygen atoms in total. The Morgan fingerprint density at radius 1 is 0.640 bits per heavy atom. The highest BCUT2D eigenvalue weighted by molar-refractivity contribution is 4.64. The molecular formula is C15H26F6O4. The lowest BCUT2D eigenvalue weighted by molar-refractivity contribution is -0.366. The van der Waals surface area contributed by atoms with Crippen molar-refractivity contribution in [3.8, 4) is 0 Å². The van der Waals surface area contributed by atoms with Gasteiger partial charge in [-0.2, -0.15) is 26.3 Å². The summed E-state index contributed by atoms with van der Waals surface area (Å²) in [5.74, 6) is -0.281. The second-order valence-corrected chi connectivity index (χ2v) is 6.96. The van der Waals surface area contributed by atoms with E-state index < -0.39 is 49.9 Å². The molecule has 0 aliphatic heterocycles. The summed E-state index contributed by atoms with van der Waals surface area (Å²) in [6.07, 6.45) is -13.3. The van der Waals surface area contributed by atoms with E-state index in [1.165, 1.54) is 27.7 Å². The molecule has 0 aromatic heterocycles. The SMILES string of the molecule is CC(C)C(C)OC(F)(F)COC(F)(F)COC(F)(F)COC(C)(C)C. The molecule has 0 N–H and O–H groups in total. The molecule has 0 aliphatic carbocycles. The minimum atomic E-state index is -4.35. The minimum Gasteiger partial charge on any atom is -0.367 e. The predicted molar refractivity (Wildman–Crippen MR) is 77.8 cm³/mol.